The minimum Gasteiger partial charge on any atom is -0.497 e. The molecule has 0 spiro atoms. The van der Waals surface area contributed by atoms with Crippen molar-refractivity contribution in [2.24, 2.45) is 0 Å². The Bertz CT molecular complexity index is 1390. The van der Waals surface area contributed by atoms with E-state index in [0.29, 0.717) is 23.4 Å². The van der Waals surface area contributed by atoms with E-state index in [1.807, 2.05) is 20.8 Å². The fourth-order valence-electron chi connectivity index (χ4n) is 3.95. The predicted molar refractivity (Wildman–Crippen MR) is 153 cm³/mol. The zero-order valence-corrected chi connectivity index (χ0v) is 24.2. The van der Waals surface area contributed by atoms with Crippen molar-refractivity contribution in [3.63, 3.8) is 0 Å². The maximum absolute atomic E-state index is 13.9. The van der Waals surface area contributed by atoms with Gasteiger partial charge in [-0.05, 0) is 81.3 Å². The molecule has 2 atom stereocenters. The maximum atomic E-state index is 13.9. The number of sulfonamides is 1. The third kappa shape index (κ3) is 7.59. The zero-order valence-electron chi connectivity index (χ0n) is 23.4. The van der Waals surface area contributed by atoms with Crippen molar-refractivity contribution in [1.29, 1.82) is 0 Å². The summed E-state index contributed by atoms with van der Waals surface area (Å²) >= 11 is 0. The third-order valence-corrected chi connectivity index (χ3v) is 8.47. The van der Waals surface area contributed by atoms with E-state index in [1.165, 1.54) is 60.5 Å². The van der Waals surface area contributed by atoms with E-state index in [4.69, 9.17) is 4.74 Å². The normalized spacial score (nSPS) is 12.8. The number of hydrogen-bond donors (Lipinski definition) is 1. The highest BCUT2D eigenvalue weighted by atomic mass is 32.2. The third-order valence-electron chi connectivity index (χ3n) is 6.68. The van der Waals surface area contributed by atoms with Crippen LogP contribution in [0, 0.1) is 12.7 Å². The number of rotatable bonds is 12. The minimum absolute atomic E-state index is 0.0153. The lowest BCUT2D eigenvalue weighted by Gasteiger charge is -2.32. The summed E-state index contributed by atoms with van der Waals surface area (Å²) in [6, 6.07) is 17.2. The molecular formula is C30H36FN3O5S. The molecule has 2 unspecified atom stereocenters. The van der Waals surface area contributed by atoms with Gasteiger partial charge in [-0.15, -0.1) is 0 Å². The van der Waals surface area contributed by atoms with Gasteiger partial charge in [0.25, 0.3) is 10.0 Å². The Balaban J connectivity index is 2.01. The van der Waals surface area contributed by atoms with Gasteiger partial charge in [-0.3, -0.25) is 13.9 Å². The second-order valence-electron chi connectivity index (χ2n) is 9.66. The van der Waals surface area contributed by atoms with Crippen LogP contribution in [-0.4, -0.2) is 50.9 Å². The minimum atomic E-state index is -4.19. The first kappa shape index (κ1) is 30.6. The van der Waals surface area contributed by atoms with E-state index >= 15 is 0 Å². The van der Waals surface area contributed by atoms with Crippen LogP contribution in [0.3, 0.4) is 0 Å². The van der Waals surface area contributed by atoms with Crippen LogP contribution in [0.2, 0.25) is 0 Å². The van der Waals surface area contributed by atoms with Gasteiger partial charge < -0.3 is 15.0 Å². The highest BCUT2D eigenvalue weighted by Gasteiger charge is 2.32. The van der Waals surface area contributed by atoms with Gasteiger partial charge in [0.05, 0.1) is 17.7 Å². The van der Waals surface area contributed by atoms with E-state index < -0.39 is 34.3 Å². The molecule has 0 radical (unpaired) electrons. The van der Waals surface area contributed by atoms with E-state index in [9.17, 15) is 22.4 Å². The summed E-state index contributed by atoms with van der Waals surface area (Å²) in [5, 5.41) is 2.88. The second-order valence-corrected chi connectivity index (χ2v) is 11.5. The topological polar surface area (TPSA) is 96.0 Å². The van der Waals surface area contributed by atoms with Crippen molar-refractivity contribution in [2.45, 2.75) is 57.6 Å². The maximum Gasteiger partial charge on any atom is 0.264 e. The van der Waals surface area contributed by atoms with Crippen molar-refractivity contribution in [3.05, 3.63) is 89.7 Å². The summed E-state index contributed by atoms with van der Waals surface area (Å²) in [5.41, 5.74) is 1.82. The molecule has 10 heteroatoms. The number of amides is 2. The summed E-state index contributed by atoms with van der Waals surface area (Å²) in [6.45, 7) is 6.68. The standard InChI is InChI=1S/C30H36FN3O5S/c1-6-22(3)32-30(36)23(4)33(19-24-9-11-25(31)12-10-24)29(35)20-34(26-13-7-21(2)8-14-26)40(37,38)28-17-15-27(39-5)16-18-28/h7-18,22-23H,6,19-20H2,1-5H3,(H,32,36). The molecule has 0 fully saturated rings. The van der Waals surface area contributed by atoms with Crippen LogP contribution in [0.15, 0.2) is 77.7 Å². The van der Waals surface area contributed by atoms with Crippen LogP contribution >= 0.6 is 0 Å². The molecule has 40 heavy (non-hydrogen) atoms. The van der Waals surface area contributed by atoms with Crippen molar-refractivity contribution < 1.29 is 27.1 Å². The molecule has 0 bridgehead atoms. The second kappa shape index (κ2) is 13.4. The molecule has 0 aliphatic rings. The number of ether oxygens (including phenoxy) is 1. The number of carbonyl (C=O) groups is 2. The van der Waals surface area contributed by atoms with Crippen molar-refractivity contribution >= 4 is 27.5 Å². The molecule has 8 nitrogen and oxygen atoms in total. The number of hydrogen-bond acceptors (Lipinski definition) is 5. The molecule has 0 saturated carbocycles. The lowest BCUT2D eigenvalue weighted by molar-refractivity contribution is -0.139. The Morgan fingerprint density at radius 1 is 0.950 bits per heavy atom. The summed E-state index contributed by atoms with van der Waals surface area (Å²) in [5.74, 6) is -0.901. The van der Waals surface area contributed by atoms with Gasteiger partial charge >= 0.3 is 0 Å². The number of aryl methyl sites for hydroxylation is 1. The Hall–Kier alpha value is -3.92. The molecular weight excluding hydrogens is 533 g/mol. The summed E-state index contributed by atoms with van der Waals surface area (Å²) in [6.07, 6.45) is 0.700. The Morgan fingerprint density at radius 2 is 1.55 bits per heavy atom. The Morgan fingerprint density at radius 3 is 2.10 bits per heavy atom. The molecule has 0 aliphatic carbocycles. The van der Waals surface area contributed by atoms with E-state index in [0.717, 1.165) is 9.87 Å². The lowest BCUT2D eigenvalue weighted by atomic mass is 10.1. The van der Waals surface area contributed by atoms with Gasteiger partial charge in [0, 0.05) is 12.6 Å². The van der Waals surface area contributed by atoms with Crippen LogP contribution < -0.4 is 14.4 Å². The number of nitrogens with zero attached hydrogens (tertiary/aromatic N) is 2. The van der Waals surface area contributed by atoms with Gasteiger partial charge in [0.1, 0.15) is 24.2 Å². The molecule has 0 aromatic heterocycles. The lowest BCUT2D eigenvalue weighted by Crippen LogP contribution is -2.52. The highest BCUT2D eigenvalue weighted by Crippen LogP contribution is 2.26. The van der Waals surface area contributed by atoms with Gasteiger partial charge in [0.2, 0.25) is 11.8 Å². The van der Waals surface area contributed by atoms with Crippen LogP contribution in [0.1, 0.15) is 38.3 Å². The monoisotopic (exact) mass is 569 g/mol. The molecule has 3 aromatic carbocycles. The average Bonchev–Trinajstić information content (AvgIpc) is 2.95. The van der Waals surface area contributed by atoms with Gasteiger partial charge in [-0.2, -0.15) is 0 Å². The van der Waals surface area contributed by atoms with Crippen molar-refractivity contribution in [1.82, 2.24) is 10.2 Å². The van der Waals surface area contributed by atoms with Crippen molar-refractivity contribution in [2.75, 3.05) is 18.0 Å². The molecule has 214 valence electrons. The first-order valence-corrected chi connectivity index (χ1v) is 14.5. The predicted octanol–water partition coefficient (Wildman–Crippen LogP) is 4.67. The summed E-state index contributed by atoms with van der Waals surface area (Å²) < 4.78 is 47.4. The largest absolute Gasteiger partial charge is 0.497 e. The first-order valence-electron chi connectivity index (χ1n) is 13.0. The molecule has 1 N–H and O–H groups in total. The molecule has 0 heterocycles. The number of anilines is 1. The van der Waals surface area contributed by atoms with Gasteiger partial charge in [0.15, 0.2) is 0 Å². The van der Waals surface area contributed by atoms with Gasteiger partial charge in [-0.25, -0.2) is 12.8 Å². The van der Waals surface area contributed by atoms with Crippen LogP contribution in [0.4, 0.5) is 10.1 Å². The van der Waals surface area contributed by atoms with Gasteiger partial charge in [-0.1, -0.05) is 36.8 Å². The first-order chi connectivity index (χ1) is 19.0. The molecule has 2 amide bonds. The number of halogens is 1. The highest BCUT2D eigenvalue weighted by molar-refractivity contribution is 7.92. The zero-order chi connectivity index (χ0) is 29.4. The summed E-state index contributed by atoms with van der Waals surface area (Å²) in [7, 11) is -2.71. The van der Waals surface area contributed by atoms with Crippen LogP contribution in [0.5, 0.6) is 5.75 Å². The number of nitrogens with one attached hydrogen (secondary N) is 1. The number of benzene rings is 3. The fourth-order valence-corrected chi connectivity index (χ4v) is 5.36. The van der Waals surface area contributed by atoms with E-state index in [1.54, 1.807) is 31.2 Å². The van der Waals surface area contributed by atoms with E-state index in [-0.39, 0.29) is 23.4 Å². The molecule has 0 saturated heterocycles. The smallest absolute Gasteiger partial charge is 0.264 e. The number of carbonyl (C=O) groups excluding carboxylic acids is 2. The molecule has 3 aromatic rings. The SMILES string of the molecule is CCC(C)NC(=O)C(C)N(Cc1ccc(F)cc1)C(=O)CN(c1ccc(C)cc1)S(=O)(=O)c1ccc(OC)cc1. The van der Waals surface area contributed by atoms with E-state index in [2.05, 4.69) is 5.32 Å². The van der Waals surface area contributed by atoms with Crippen molar-refractivity contribution in [3.8, 4) is 5.75 Å². The molecule has 3 rings (SSSR count). The quantitative estimate of drug-likeness (QED) is 0.342. The average molecular weight is 570 g/mol. The van der Waals surface area contributed by atoms with Crippen LogP contribution in [-0.2, 0) is 26.2 Å². The summed E-state index contributed by atoms with van der Waals surface area (Å²) in [4.78, 5) is 28.3. The molecule has 0 aliphatic heterocycles. The fraction of sp³-hybridized carbons (Fsp3) is 0.333. The number of methoxy groups -OCH3 is 1. The Kier molecular flexibility index (Phi) is 10.3. The Labute approximate surface area is 235 Å². The van der Waals surface area contributed by atoms with Crippen LogP contribution in [0.25, 0.3) is 0 Å².